The molecule has 10 nitrogen and oxygen atoms in total. The van der Waals surface area contributed by atoms with Crippen LogP contribution >= 0.6 is 0 Å². The van der Waals surface area contributed by atoms with Crippen LogP contribution in [0.1, 0.15) is 0 Å². The van der Waals surface area contributed by atoms with Crippen molar-refractivity contribution < 1.29 is 49.6 Å². The number of aliphatic hydroxyl groups is 4. The zero-order chi connectivity index (χ0) is 22.3. The molecular formula is C21H21O10+. The molecule has 2 heterocycles. The molecule has 0 amide bonds. The molecule has 1 fully saturated rings. The maximum Gasteiger partial charge on any atom is 0.368 e. The molecule has 3 aromatic rings. The van der Waals surface area contributed by atoms with E-state index in [0.717, 1.165) is 0 Å². The lowest BCUT2D eigenvalue weighted by molar-refractivity contribution is -0.277. The molecule has 0 aliphatic carbocycles. The molecule has 0 bridgehead atoms. The van der Waals surface area contributed by atoms with Gasteiger partial charge in [-0.05, 0) is 18.2 Å². The topological polar surface area (TPSA) is 171 Å². The molecule has 164 valence electrons. The molecule has 1 aliphatic rings. The number of aliphatic hydroxyl groups excluding tert-OH is 4. The van der Waals surface area contributed by atoms with E-state index < -0.39 is 37.3 Å². The number of rotatable bonds is 4. The number of hydrogen-bond donors (Lipinski definition) is 7. The van der Waals surface area contributed by atoms with E-state index in [0.29, 0.717) is 5.39 Å². The van der Waals surface area contributed by atoms with Crippen molar-refractivity contribution in [3.8, 4) is 34.3 Å². The van der Waals surface area contributed by atoms with Crippen molar-refractivity contribution >= 4 is 11.0 Å². The molecule has 0 spiro atoms. The number of phenolic OH excluding ortho intramolecular Hbond substituents is 3. The van der Waals surface area contributed by atoms with Crippen LogP contribution in [0.3, 0.4) is 0 Å². The summed E-state index contributed by atoms with van der Waals surface area (Å²) < 4.78 is 16.4. The highest BCUT2D eigenvalue weighted by Crippen LogP contribution is 2.37. The number of ether oxygens (including phenoxy) is 2. The van der Waals surface area contributed by atoms with Crippen LogP contribution in [0.5, 0.6) is 23.0 Å². The van der Waals surface area contributed by atoms with Crippen molar-refractivity contribution in [2.75, 3.05) is 6.61 Å². The summed E-state index contributed by atoms with van der Waals surface area (Å²) in [7, 11) is 0. The second kappa shape index (κ2) is 8.17. The van der Waals surface area contributed by atoms with Gasteiger partial charge in [0.25, 0.3) is 0 Å². The minimum Gasteiger partial charge on any atom is -0.507 e. The molecule has 1 aliphatic heterocycles. The first kappa shape index (κ1) is 21.1. The fourth-order valence-electron chi connectivity index (χ4n) is 3.40. The van der Waals surface area contributed by atoms with Crippen LogP contribution < -0.4 is 4.74 Å². The van der Waals surface area contributed by atoms with Crippen LogP contribution in [0.2, 0.25) is 0 Å². The van der Waals surface area contributed by atoms with Crippen molar-refractivity contribution in [2.45, 2.75) is 30.7 Å². The largest absolute Gasteiger partial charge is 0.507 e. The Kier molecular flexibility index (Phi) is 5.56. The molecule has 1 aromatic heterocycles. The molecule has 7 N–H and O–H groups in total. The van der Waals surface area contributed by atoms with E-state index in [1.807, 2.05) is 0 Å². The van der Waals surface area contributed by atoms with Gasteiger partial charge in [-0.1, -0.05) is 0 Å². The number of hydrogen-bond acceptors (Lipinski definition) is 9. The Morgan fingerprint density at radius 2 is 1.65 bits per heavy atom. The molecule has 10 heteroatoms. The lowest BCUT2D eigenvalue weighted by Gasteiger charge is -2.39. The quantitative estimate of drug-likeness (QED) is 0.290. The Hall–Kier alpha value is -3.15. The van der Waals surface area contributed by atoms with Gasteiger partial charge in [-0.3, -0.25) is 0 Å². The molecule has 31 heavy (non-hydrogen) atoms. The number of fused-ring (bicyclic) bond motifs is 1. The Bertz CT molecular complexity index is 1100. The lowest BCUT2D eigenvalue weighted by atomic mass is 9.99. The normalized spacial score (nSPS) is 26.1. The summed E-state index contributed by atoms with van der Waals surface area (Å²) in [6.45, 7) is -0.594. The van der Waals surface area contributed by atoms with Crippen LogP contribution in [0.15, 0.2) is 46.9 Å². The van der Waals surface area contributed by atoms with Crippen molar-refractivity contribution in [3.05, 3.63) is 42.5 Å². The lowest BCUT2D eigenvalue weighted by Crippen LogP contribution is -2.60. The molecule has 4 rings (SSSR count). The van der Waals surface area contributed by atoms with Gasteiger partial charge in [-0.15, -0.1) is 0 Å². The van der Waals surface area contributed by atoms with E-state index in [1.165, 1.54) is 36.4 Å². The minimum atomic E-state index is -1.59. The first-order chi connectivity index (χ1) is 14.8. The van der Waals surface area contributed by atoms with Crippen LogP contribution in [-0.2, 0) is 4.74 Å². The van der Waals surface area contributed by atoms with Gasteiger partial charge >= 0.3 is 11.3 Å². The van der Waals surface area contributed by atoms with E-state index >= 15 is 0 Å². The van der Waals surface area contributed by atoms with Gasteiger partial charge in [0.15, 0.2) is 0 Å². The first-order valence-electron chi connectivity index (χ1n) is 9.38. The zero-order valence-electron chi connectivity index (χ0n) is 16.0. The Morgan fingerprint density at radius 1 is 0.871 bits per heavy atom. The monoisotopic (exact) mass is 433 g/mol. The predicted octanol–water partition coefficient (Wildman–Crippen LogP) is 0.676. The van der Waals surface area contributed by atoms with Crippen LogP contribution in [0, 0.1) is 0 Å². The summed E-state index contributed by atoms with van der Waals surface area (Å²) in [5.74, 6) is -0.248. The van der Waals surface area contributed by atoms with Gasteiger partial charge in [0.1, 0.15) is 58.4 Å². The van der Waals surface area contributed by atoms with Crippen LogP contribution in [-0.4, -0.2) is 73.1 Å². The molecule has 0 unspecified atom stereocenters. The summed E-state index contributed by atoms with van der Waals surface area (Å²) in [5, 5.41) is 69.3. The van der Waals surface area contributed by atoms with Crippen molar-refractivity contribution in [1.82, 2.24) is 0 Å². The summed E-state index contributed by atoms with van der Waals surface area (Å²) >= 11 is 0. The maximum atomic E-state index is 10.4. The van der Waals surface area contributed by atoms with Crippen molar-refractivity contribution in [1.29, 1.82) is 0 Å². The molecule has 2 aromatic carbocycles. The van der Waals surface area contributed by atoms with Gasteiger partial charge in [-0.25, -0.2) is 4.42 Å². The highest BCUT2D eigenvalue weighted by atomic mass is 16.7. The minimum absolute atomic E-state index is 0.0849. The average molecular weight is 433 g/mol. The highest BCUT2D eigenvalue weighted by molar-refractivity contribution is 5.86. The molecule has 0 saturated carbocycles. The highest BCUT2D eigenvalue weighted by Gasteiger charge is 2.44. The van der Waals surface area contributed by atoms with Gasteiger partial charge in [0, 0.05) is 18.2 Å². The van der Waals surface area contributed by atoms with Crippen LogP contribution in [0.4, 0.5) is 0 Å². The molecule has 1 saturated heterocycles. The SMILES string of the molecule is OC[C@H]1O[C@@H](Oc2ccc(-c3ccc4c(O)cc(O)cc4[o+]3)c(O)c2)[C@H](O)[C@@H](O)[C@@H]1O. The number of aromatic hydroxyl groups is 3. The maximum absolute atomic E-state index is 10.4. The van der Waals surface area contributed by atoms with Crippen molar-refractivity contribution in [2.24, 2.45) is 0 Å². The van der Waals surface area contributed by atoms with E-state index in [4.69, 9.17) is 13.9 Å². The number of phenols is 3. The summed E-state index contributed by atoms with van der Waals surface area (Å²) in [4.78, 5) is 0. The zero-order valence-corrected chi connectivity index (χ0v) is 16.0. The third kappa shape index (κ3) is 3.94. The third-order valence-electron chi connectivity index (χ3n) is 5.06. The summed E-state index contributed by atoms with van der Waals surface area (Å²) in [6, 6.07) is 9.77. The van der Waals surface area contributed by atoms with E-state index in [-0.39, 0.29) is 39.9 Å². The van der Waals surface area contributed by atoms with E-state index in [9.17, 15) is 35.7 Å². The van der Waals surface area contributed by atoms with Gasteiger partial charge in [0.05, 0.1) is 12.7 Å². The fourth-order valence-corrected chi connectivity index (χ4v) is 3.40. The molecule has 0 radical (unpaired) electrons. The van der Waals surface area contributed by atoms with Gasteiger partial charge < -0.3 is 45.2 Å². The van der Waals surface area contributed by atoms with Crippen molar-refractivity contribution in [3.63, 3.8) is 0 Å². The first-order valence-corrected chi connectivity index (χ1v) is 9.38. The Morgan fingerprint density at radius 3 is 2.35 bits per heavy atom. The summed E-state index contributed by atoms with van der Waals surface area (Å²) in [6.07, 6.45) is -7.20. The third-order valence-corrected chi connectivity index (χ3v) is 5.06. The average Bonchev–Trinajstić information content (AvgIpc) is 2.73. The second-order valence-corrected chi connectivity index (χ2v) is 7.17. The van der Waals surface area contributed by atoms with Gasteiger partial charge in [0.2, 0.25) is 6.29 Å². The van der Waals surface area contributed by atoms with E-state index in [2.05, 4.69) is 0 Å². The van der Waals surface area contributed by atoms with Gasteiger partial charge in [-0.2, -0.15) is 0 Å². The molecule has 5 atom stereocenters. The standard InChI is InChI=1S/C21H20O10/c22-8-17-18(26)19(27)20(28)21(31-17)29-10-1-2-11(14(25)7-10)15-4-3-12-13(24)5-9(23)6-16(12)30-15/h1-7,17-22,26-28H,8H2,(H2-,23,24,25)/p+1/t17-,18-,19+,20-,21-/m1/s1. The summed E-state index contributed by atoms with van der Waals surface area (Å²) in [5.41, 5.74) is 0.488. The Balaban J connectivity index is 1.59. The second-order valence-electron chi connectivity index (χ2n) is 7.17. The fraction of sp³-hybridized carbons (Fsp3) is 0.286. The van der Waals surface area contributed by atoms with Crippen LogP contribution in [0.25, 0.3) is 22.3 Å². The smallest absolute Gasteiger partial charge is 0.368 e. The predicted molar refractivity (Wildman–Crippen MR) is 105 cm³/mol. The van der Waals surface area contributed by atoms with E-state index in [1.54, 1.807) is 6.07 Å². The number of benzene rings is 2. The Labute approximate surface area is 175 Å². The molecular weight excluding hydrogens is 412 g/mol.